The Bertz CT molecular complexity index is 670. The molecule has 1 atom stereocenters. The van der Waals surface area contributed by atoms with Gasteiger partial charge < -0.3 is 9.15 Å². The third-order valence-electron chi connectivity index (χ3n) is 2.83. The summed E-state index contributed by atoms with van der Waals surface area (Å²) in [6.45, 7) is 2.00. The summed E-state index contributed by atoms with van der Waals surface area (Å²) >= 11 is 0. The van der Waals surface area contributed by atoms with Gasteiger partial charge in [-0.1, -0.05) is 17.7 Å². The lowest BCUT2D eigenvalue weighted by atomic mass is 10.2. The maximum atomic E-state index is 11.7. The molecule has 2 aromatic rings. The molecule has 0 radical (unpaired) electrons. The van der Waals surface area contributed by atoms with Crippen molar-refractivity contribution in [3.8, 4) is 0 Å². The smallest absolute Gasteiger partial charge is 0.343 e. The first-order valence-electron chi connectivity index (χ1n) is 6.16. The molecule has 100 valence electrons. The molecule has 1 aliphatic heterocycles. The van der Waals surface area contributed by atoms with E-state index in [9.17, 15) is 4.79 Å². The molecule has 0 bridgehead atoms. The molecule has 3 rings (SSSR count). The molecule has 1 aromatic heterocycles. The first kappa shape index (κ1) is 12.3. The largest absolute Gasteiger partial charge is 0.459 e. The lowest BCUT2D eigenvalue weighted by Gasteiger charge is -1.96. The van der Waals surface area contributed by atoms with E-state index in [0.717, 1.165) is 11.3 Å². The van der Waals surface area contributed by atoms with E-state index in [1.807, 2.05) is 31.2 Å². The number of rotatable bonds is 3. The van der Waals surface area contributed by atoms with Gasteiger partial charge in [-0.15, -0.1) is 0 Å². The Morgan fingerprint density at radius 2 is 2.05 bits per heavy atom. The molecule has 5 heteroatoms. The lowest BCUT2D eigenvalue weighted by Crippen LogP contribution is -2.16. The van der Waals surface area contributed by atoms with Gasteiger partial charge in [0.15, 0.2) is 11.8 Å². The minimum absolute atomic E-state index is 0.195. The minimum Gasteiger partial charge on any atom is -0.459 e. The summed E-state index contributed by atoms with van der Waals surface area (Å²) in [6.07, 6.45) is 2.97. The fraction of sp³-hybridized carbons (Fsp3) is 0.133. The predicted octanol–water partition coefficient (Wildman–Crippen LogP) is 2.66. The molecule has 0 spiro atoms. The quantitative estimate of drug-likeness (QED) is 0.635. The molecule has 0 saturated heterocycles. The van der Waals surface area contributed by atoms with E-state index in [0.29, 0.717) is 5.76 Å². The fourth-order valence-corrected chi connectivity index (χ4v) is 1.76. The van der Waals surface area contributed by atoms with Gasteiger partial charge in [0.1, 0.15) is 0 Å². The van der Waals surface area contributed by atoms with Crippen molar-refractivity contribution in [1.29, 1.82) is 0 Å². The number of ether oxygens (including phenoxy) is 1. The molecule has 1 aromatic carbocycles. The second-order valence-electron chi connectivity index (χ2n) is 4.39. The van der Waals surface area contributed by atoms with Crippen molar-refractivity contribution in [2.45, 2.75) is 13.0 Å². The number of carbonyl (C=O) groups is 1. The van der Waals surface area contributed by atoms with Gasteiger partial charge in [0.05, 0.1) is 12.0 Å². The van der Waals surface area contributed by atoms with Crippen LogP contribution in [0.2, 0.25) is 0 Å². The molecule has 5 nitrogen and oxygen atoms in total. The van der Waals surface area contributed by atoms with Crippen LogP contribution in [-0.4, -0.2) is 24.1 Å². The molecular weight excluding hydrogens is 256 g/mol. The van der Waals surface area contributed by atoms with Gasteiger partial charge in [0, 0.05) is 6.21 Å². The van der Waals surface area contributed by atoms with E-state index in [2.05, 4.69) is 9.98 Å². The molecule has 2 heterocycles. The van der Waals surface area contributed by atoms with Crippen molar-refractivity contribution in [1.82, 2.24) is 0 Å². The van der Waals surface area contributed by atoms with Crippen molar-refractivity contribution in [3.05, 3.63) is 54.0 Å². The van der Waals surface area contributed by atoms with Crippen LogP contribution in [0.4, 0.5) is 5.69 Å². The molecule has 0 aliphatic carbocycles. The van der Waals surface area contributed by atoms with Crippen LogP contribution in [0.15, 0.2) is 57.1 Å². The number of carbonyl (C=O) groups excluding carboxylic acids is 1. The van der Waals surface area contributed by atoms with Gasteiger partial charge in [-0.2, -0.15) is 0 Å². The first-order chi connectivity index (χ1) is 9.72. The van der Waals surface area contributed by atoms with E-state index in [4.69, 9.17) is 9.15 Å². The van der Waals surface area contributed by atoms with Crippen molar-refractivity contribution < 1.29 is 13.9 Å². The number of hydrogen-bond donors (Lipinski definition) is 0. The van der Waals surface area contributed by atoms with Crippen molar-refractivity contribution >= 4 is 23.8 Å². The molecule has 0 N–H and O–H groups in total. The van der Waals surface area contributed by atoms with Crippen LogP contribution in [0, 0.1) is 6.92 Å². The Hall–Kier alpha value is -2.69. The number of aryl methyl sites for hydroxylation is 1. The molecule has 20 heavy (non-hydrogen) atoms. The second kappa shape index (κ2) is 5.13. The summed E-state index contributed by atoms with van der Waals surface area (Å²) in [6, 6.07) is 10.3. The number of cyclic esters (lactones) is 1. The highest BCUT2D eigenvalue weighted by Crippen LogP contribution is 2.15. The van der Waals surface area contributed by atoms with Gasteiger partial charge in [-0.25, -0.2) is 9.79 Å². The number of furan rings is 1. The highest BCUT2D eigenvalue weighted by atomic mass is 16.6. The van der Waals surface area contributed by atoms with Crippen molar-refractivity contribution in [2.24, 2.45) is 9.98 Å². The van der Waals surface area contributed by atoms with Crippen LogP contribution in [0.25, 0.3) is 0 Å². The average Bonchev–Trinajstić information content (AvgIpc) is 3.08. The summed E-state index contributed by atoms with van der Waals surface area (Å²) in [5, 5.41) is 0. The van der Waals surface area contributed by atoms with Crippen LogP contribution < -0.4 is 0 Å². The molecule has 0 fully saturated rings. The van der Waals surface area contributed by atoms with Crippen LogP contribution in [0.5, 0.6) is 0 Å². The summed E-state index contributed by atoms with van der Waals surface area (Å²) in [5.74, 6) is 0.178. The molecule has 0 saturated carbocycles. The van der Waals surface area contributed by atoms with Gasteiger partial charge >= 0.3 is 5.97 Å². The lowest BCUT2D eigenvalue weighted by molar-refractivity contribution is -0.133. The summed E-state index contributed by atoms with van der Waals surface area (Å²) in [7, 11) is 0. The number of nitrogens with zero attached hydrogens (tertiary/aromatic N) is 2. The maximum absolute atomic E-state index is 11.7. The zero-order valence-electron chi connectivity index (χ0n) is 10.8. The minimum atomic E-state index is -0.726. The predicted molar refractivity (Wildman–Crippen MR) is 74.5 cm³/mol. The molecule has 1 aliphatic rings. The first-order valence-corrected chi connectivity index (χ1v) is 6.16. The van der Waals surface area contributed by atoms with E-state index >= 15 is 0 Å². The molecule has 0 amide bonds. The van der Waals surface area contributed by atoms with Crippen LogP contribution in [-0.2, 0) is 9.53 Å². The second-order valence-corrected chi connectivity index (χ2v) is 4.39. The summed E-state index contributed by atoms with van der Waals surface area (Å²) in [5.41, 5.74) is 1.92. The van der Waals surface area contributed by atoms with Crippen LogP contribution in [0.1, 0.15) is 11.3 Å². The SMILES string of the molecule is Cc1ccc(N=CC2N=C(c3ccco3)OC2=O)cc1. The molecular formula is C15H12N2O3. The summed E-state index contributed by atoms with van der Waals surface area (Å²) < 4.78 is 10.2. The number of esters is 1. The van der Waals surface area contributed by atoms with Gasteiger partial charge in [-0.3, -0.25) is 4.99 Å². The topological polar surface area (TPSA) is 64.2 Å². The monoisotopic (exact) mass is 268 g/mol. The standard InChI is InChI=1S/C15H12N2O3/c1-10-4-6-11(7-5-10)16-9-12-15(18)20-14(17-12)13-3-2-8-19-13/h2-9,12H,1H3. The highest BCUT2D eigenvalue weighted by molar-refractivity contribution is 6.10. The van der Waals surface area contributed by atoms with Crippen LogP contribution >= 0.6 is 0 Å². The van der Waals surface area contributed by atoms with Gasteiger partial charge in [0.2, 0.25) is 0 Å². The Labute approximate surface area is 115 Å². The van der Waals surface area contributed by atoms with Crippen molar-refractivity contribution in [3.63, 3.8) is 0 Å². The van der Waals surface area contributed by atoms with Gasteiger partial charge in [-0.05, 0) is 31.2 Å². The highest BCUT2D eigenvalue weighted by Gasteiger charge is 2.29. The Morgan fingerprint density at radius 3 is 2.75 bits per heavy atom. The zero-order valence-corrected chi connectivity index (χ0v) is 10.8. The Morgan fingerprint density at radius 1 is 1.25 bits per heavy atom. The molecule has 1 unspecified atom stereocenters. The maximum Gasteiger partial charge on any atom is 0.343 e. The fourth-order valence-electron chi connectivity index (χ4n) is 1.76. The third kappa shape index (κ3) is 2.51. The van der Waals surface area contributed by atoms with E-state index in [1.54, 1.807) is 12.1 Å². The van der Waals surface area contributed by atoms with Crippen LogP contribution in [0.3, 0.4) is 0 Å². The third-order valence-corrected chi connectivity index (χ3v) is 2.83. The van der Waals surface area contributed by atoms with E-state index in [-0.39, 0.29) is 5.90 Å². The van der Waals surface area contributed by atoms with E-state index in [1.165, 1.54) is 12.5 Å². The Kier molecular flexibility index (Phi) is 3.16. The number of hydrogen-bond acceptors (Lipinski definition) is 5. The summed E-state index contributed by atoms with van der Waals surface area (Å²) in [4.78, 5) is 20.1. The average molecular weight is 268 g/mol. The van der Waals surface area contributed by atoms with E-state index < -0.39 is 12.0 Å². The zero-order chi connectivity index (χ0) is 13.9. The van der Waals surface area contributed by atoms with Crippen molar-refractivity contribution in [2.75, 3.05) is 0 Å². The Balaban J connectivity index is 1.77. The normalized spacial score (nSPS) is 18.4. The number of benzene rings is 1. The number of aliphatic imine (C=N–C) groups is 2. The van der Waals surface area contributed by atoms with Gasteiger partial charge in [0.25, 0.3) is 5.90 Å².